The minimum atomic E-state index is -4.66. The second-order valence-corrected chi connectivity index (χ2v) is 7.10. The molecule has 0 aromatic heterocycles. The van der Waals surface area contributed by atoms with E-state index in [9.17, 15) is 22.8 Å². The SMILES string of the molecule is CC(C)CCNC(=O)C1(C(=O)Nc2ccc(Cl)cc2C(F)(F)F)CC1. The third kappa shape index (κ3) is 4.66. The van der Waals surface area contributed by atoms with Crippen molar-refractivity contribution in [2.24, 2.45) is 11.3 Å². The molecular weight excluding hydrogens is 357 g/mol. The Balaban J connectivity index is 2.11. The summed E-state index contributed by atoms with van der Waals surface area (Å²) in [4.78, 5) is 24.7. The van der Waals surface area contributed by atoms with Gasteiger partial charge in [-0.2, -0.15) is 13.2 Å². The van der Waals surface area contributed by atoms with Gasteiger partial charge >= 0.3 is 6.18 Å². The van der Waals surface area contributed by atoms with Gasteiger partial charge in [0.05, 0.1) is 11.3 Å². The van der Waals surface area contributed by atoms with E-state index in [1.165, 1.54) is 6.07 Å². The average molecular weight is 377 g/mol. The molecule has 1 aromatic carbocycles. The smallest absolute Gasteiger partial charge is 0.355 e. The molecule has 2 N–H and O–H groups in total. The molecule has 0 radical (unpaired) electrons. The predicted molar refractivity (Wildman–Crippen MR) is 89.2 cm³/mol. The van der Waals surface area contributed by atoms with Crippen molar-refractivity contribution in [3.05, 3.63) is 28.8 Å². The summed E-state index contributed by atoms with van der Waals surface area (Å²) in [5.41, 5.74) is -2.72. The van der Waals surface area contributed by atoms with Gasteiger partial charge in [-0.1, -0.05) is 25.4 Å². The molecule has 0 unspecified atom stereocenters. The summed E-state index contributed by atoms with van der Waals surface area (Å²) < 4.78 is 39.3. The maximum atomic E-state index is 13.1. The normalized spacial score (nSPS) is 15.8. The molecule has 0 heterocycles. The quantitative estimate of drug-likeness (QED) is 0.729. The number of amides is 2. The van der Waals surface area contributed by atoms with E-state index in [-0.39, 0.29) is 5.02 Å². The first-order chi connectivity index (χ1) is 11.6. The molecule has 0 spiro atoms. The van der Waals surface area contributed by atoms with Crippen LogP contribution in [-0.4, -0.2) is 18.4 Å². The van der Waals surface area contributed by atoms with Gasteiger partial charge in [0.15, 0.2) is 0 Å². The van der Waals surface area contributed by atoms with E-state index in [2.05, 4.69) is 10.6 Å². The first-order valence-corrected chi connectivity index (χ1v) is 8.40. The van der Waals surface area contributed by atoms with E-state index in [0.717, 1.165) is 18.6 Å². The van der Waals surface area contributed by atoms with Crippen LogP contribution in [0.1, 0.15) is 38.7 Å². The van der Waals surface area contributed by atoms with Crippen molar-refractivity contribution in [2.75, 3.05) is 11.9 Å². The molecule has 8 heteroatoms. The van der Waals surface area contributed by atoms with Crippen LogP contribution < -0.4 is 10.6 Å². The van der Waals surface area contributed by atoms with Gasteiger partial charge < -0.3 is 10.6 Å². The molecule has 1 aliphatic rings. The fourth-order valence-corrected chi connectivity index (χ4v) is 2.60. The van der Waals surface area contributed by atoms with Gasteiger partial charge in [-0.25, -0.2) is 0 Å². The molecule has 25 heavy (non-hydrogen) atoms. The molecule has 1 saturated carbocycles. The highest BCUT2D eigenvalue weighted by molar-refractivity contribution is 6.30. The molecule has 2 amide bonds. The molecule has 138 valence electrons. The monoisotopic (exact) mass is 376 g/mol. The summed E-state index contributed by atoms with van der Waals surface area (Å²) >= 11 is 5.62. The molecule has 0 saturated heterocycles. The van der Waals surface area contributed by atoms with E-state index in [4.69, 9.17) is 11.6 Å². The number of hydrogen-bond acceptors (Lipinski definition) is 2. The number of benzene rings is 1. The molecule has 0 aliphatic heterocycles. The molecule has 1 aliphatic carbocycles. The van der Waals surface area contributed by atoms with Crippen molar-refractivity contribution in [2.45, 2.75) is 39.3 Å². The third-order valence-electron chi connectivity index (χ3n) is 4.16. The third-order valence-corrected chi connectivity index (χ3v) is 4.40. The van der Waals surface area contributed by atoms with E-state index in [1.54, 1.807) is 0 Å². The first-order valence-electron chi connectivity index (χ1n) is 8.03. The number of anilines is 1. The van der Waals surface area contributed by atoms with Gasteiger partial charge in [-0.15, -0.1) is 0 Å². The largest absolute Gasteiger partial charge is 0.418 e. The summed E-state index contributed by atoms with van der Waals surface area (Å²) in [7, 11) is 0. The Morgan fingerprint density at radius 1 is 1.24 bits per heavy atom. The van der Waals surface area contributed by atoms with Gasteiger partial charge in [0.25, 0.3) is 0 Å². The lowest BCUT2D eigenvalue weighted by Gasteiger charge is -2.18. The van der Waals surface area contributed by atoms with Crippen LogP contribution >= 0.6 is 11.6 Å². The average Bonchev–Trinajstić information content (AvgIpc) is 3.29. The Kier molecular flexibility index (Phi) is 5.66. The zero-order valence-corrected chi connectivity index (χ0v) is 14.7. The Bertz CT molecular complexity index is 670. The fourth-order valence-electron chi connectivity index (χ4n) is 2.43. The van der Waals surface area contributed by atoms with Crippen LogP contribution in [0.15, 0.2) is 18.2 Å². The highest BCUT2D eigenvalue weighted by Gasteiger charge is 2.56. The van der Waals surface area contributed by atoms with Crippen LogP contribution in [0.5, 0.6) is 0 Å². The minimum absolute atomic E-state index is 0.0853. The number of rotatable bonds is 6. The van der Waals surface area contributed by atoms with Crippen LogP contribution in [-0.2, 0) is 15.8 Å². The fraction of sp³-hybridized carbons (Fsp3) is 0.529. The number of alkyl halides is 3. The van der Waals surface area contributed by atoms with Crippen molar-refractivity contribution < 1.29 is 22.8 Å². The van der Waals surface area contributed by atoms with Crippen LogP contribution in [0.3, 0.4) is 0 Å². The number of halogens is 4. The lowest BCUT2D eigenvalue weighted by Crippen LogP contribution is -2.40. The highest BCUT2D eigenvalue weighted by Crippen LogP contribution is 2.47. The predicted octanol–water partition coefficient (Wildman–Crippen LogP) is 4.24. The second-order valence-electron chi connectivity index (χ2n) is 6.66. The second kappa shape index (κ2) is 7.23. The van der Waals surface area contributed by atoms with Crippen molar-refractivity contribution in [1.29, 1.82) is 0 Å². The number of carbonyl (C=O) groups is 2. The standard InChI is InChI=1S/C17H20ClF3N2O2/c1-10(2)5-8-22-14(24)16(6-7-16)15(25)23-13-4-3-11(18)9-12(13)17(19,20)21/h3-4,9-10H,5-8H2,1-2H3,(H,22,24)(H,23,25). The van der Waals surface area contributed by atoms with Crippen molar-refractivity contribution >= 4 is 29.1 Å². The minimum Gasteiger partial charge on any atom is -0.355 e. The molecule has 1 fully saturated rings. The van der Waals surface area contributed by atoms with E-state index in [1.807, 2.05) is 13.8 Å². The summed E-state index contributed by atoms with van der Waals surface area (Å²) in [6.45, 7) is 4.44. The summed E-state index contributed by atoms with van der Waals surface area (Å²) in [5, 5.41) is 4.86. The Morgan fingerprint density at radius 3 is 2.40 bits per heavy atom. The topological polar surface area (TPSA) is 58.2 Å². The molecule has 4 nitrogen and oxygen atoms in total. The highest BCUT2D eigenvalue weighted by atomic mass is 35.5. The molecular formula is C17H20ClF3N2O2. The van der Waals surface area contributed by atoms with Gasteiger partial charge in [-0.05, 0) is 43.4 Å². The van der Waals surface area contributed by atoms with Gasteiger partial charge in [0.2, 0.25) is 11.8 Å². The number of hydrogen-bond donors (Lipinski definition) is 2. The number of carbonyl (C=O) groups excluding carboxylic acids is 2. The molecule has 2 rings (SSSR count). The van der Waals surface area contributed by atoms with Crippen LogP contribution in [0.2, 0.25) is 5.02 Å². The van der Waals surface area contributed by atoms with Crippen molar-refractivity contribution in [1.82, 2.24) is 5.32 Å². The number of nitrogens with one attached hydrogen (secondary N) is 2. The van der Waals surface area contributed by atoms with Crippen LogP contribution in [0.4, 0.5) is 18.9 Å². The Morgan fingerprint density at radius 2 is 1.88 bits per heavy atom. The van der Waals surface area contributed by atoms with Crippen LogP contribution in [0.25, 0.3) is 0 Å². The zero-order valence-electron chi connectivity index (χ0n) is 14.0. The zero-order chi connectivity index (χ0) is 18.8. The van der Waals surface area contributed by atoms with Gasteiger partial charge in [0.1, 0.15) is 5.41 Å². The van der Waals surface area contributed by atoms with Gasteiger partial charge in [0, 0.05) is 11.6 Å². The molecule has 0 atom stereocenters. The maximum absolute atomic E-state index is 13.1. The summed E-state index contributed by atoms with van der Waals surface area (Å²) in [6, 6.07) is 3.10. The van der Waals surface area contributed by atoms with E-state index in [0.29, 0.717) is 25.3 Å². The lowest BCUT2D eigenvalue weighted by atomic mass is 10.0. The maximum Gasteiger partial charge on any atom is 0.418 e. The van der Waals surface area contributed by atoms with Crippen molar-refractivity contribution in [3.63, 3.8) is 0 Å². The molecule has 1 aromatic rings. The van der Waals surface area contributed by atoms with E-state index < -0.39 is 34.7 Å². The Labute approximate surface area is 149 Å². The first kappa shape index (κ1) is 19.6. The lowest BCUT2D eigenvalue weighted by molar-refractivity contribution is -0.137. The summed E-state index contributed by atoms with van der Waals surface area (Å²) in [5.74, 6) is -0.761. The van der Waals surface area contributed by atoms with Crippen LogP contribution in [0, 0.1) is 11.3 Å². The van der Waals surface area contributed by atoms with Gasteiger partial charge in [-0.3, -0.25) is 9.59 Å². The van der Waals surface area contributed by atoms with E-state index >= 15 is 0 Å². The summed E-state index contributed by atoms with van der Waals surface area (Å²) in [6.07, 6.45) is -3.26. The Hall–Kier alpha value is -1.76. The van der Waals surface area contributed by atoms with Crippen molar-refractivity contribution in [3.8, 4) is 0 Å². The molecule has 0 bridgehead atoms.